The Morgan fingerprint density at radius 2 is 1.85 bits per heavy atom. The van der Waals surface area contributed by atoms with Crippen LogP contribution in [0.5, 0.6) is 11.5 Å². The molecule has 2 heterocycles. The molecule has 27 heavy (non-hydrogen) atoms. The zero-order valence-corrected chi connectivity index (χ0v) is 16.1. The van der Waals surface area contributed by atoms with E-state index in [9.17, 15) is 0 Å². The fourth-order valence-corrected chi connectivity index (χ4v) is 4.04. The number of imidazole rings is 1. The maximum absolute atomic E-state index is 5.93. The van der Waals surface area contributed by atoms with Crippen molar-refractivity contribution in [1.82, 2.24) is 14.5 Å². The van der Waals surface area contributed by atoms with Crippen LogP contribution in [0.15, 0.2) is 48.5 Å². The normalized spacial score (nSPS) is 17.5. The van der Waals surface area contributed by atoms with Crippen molar-refractivity contribution in [1.29, 1.82) is 0 Å². The van der Waals surface area contributed by atoms with Crippen LogP contribution in [0.4, 0.5) is 0 Å². The highest BCUT2D eigenvalue weighted by molar-refractivity contribution is 5.75. The van der Waals surface area contributed by atoms with Gasteiger partial charge in [-0.15, -0.1) is 0 Å². The smallest absolute Gasteiger partial charge is 0.161 e. The van der Waals surface area contributed by atoms with Crippen LogP contribution in [0.2, 0.25) is 0 Å². The number of likely N-dealkylation sites (tertiary alicyclic amines) is 1. The minimum Gasteiger partial charge on any atom is -0.493 e. The molecule has 1 saturated heterocycles. The number of ether oxygens (including phenoxy) is 2. The molecule has 0 radical (unpaired) electrons. The number of benzene rings is 2. The van der Waals surface area contributed by atoms with Crippen LogP contribution in [0.1, 0.15) is 31.1 Å². The van der Waals surface area contributed by atoms with Gasteiger partial charge in [0.25, 0.3) is 0 Å². The first-order valence-corrected chi connectivity index (χ1v) is 9.69. The van der Waals surface area contributed by atoms with E-state index in [4.69, 9.17) is 14.5 Å². The maximum atomic E-state index is 5.93. The fourth-order valence-electron chi connectivity index (χ4n) is 4.04. The summed E-state index contributed by atoms with van der Waals surface area (Å²) in [6.45, 7) is 2.83. The van der Waals surface area contributed by atoms with Crippen LogP contribution in [-0.2, 0) is 7.05 Å². The first-order valence-electron chi connectivity index (χ1n) is 9.69. The summed E-state index contributed by atoms with van der Waals surface area (Å²) in [5.74, 6) is 2.78. The molecule has 1 fully saturated rings. The molecule has 1 aliphatic rings. The Morgan fingerprint density at radius 3 is 2.67 bits per heavy atom. The quantitative estimate of drug-likeness (QED) is 0.589. The Bertz CT molecular complexity index is 905. The van der Waals surface area contributed by atoms with Crippen molar-refractivity contribution in [2.45, 2.75) is 25.3 Å². The van der Waals surface area contributed by atoms with E-state index in [0.29, 0.717) is 12.6 Å². The molecule has 0 N–H and O–H groups in total. The number of aromatic nitrogens is 2. The summed E-state index contributed by atoms with van der Waals surface area (Å²) in [6.07, 6.45) is 3.38. The first-order chi connectivity index (χ1) is 13.3. The predicted octanol–water partition coefficient (Wildman–Crippen LogP) is 4.19. The van der Waals surface area contributed by atoms with Gasteiger partial charge < -0.3 is 14.0 Å². The monoisotopic (exact) mass is 365 g/mol. The molecule has 1 aromatic heterocycles. The zero-order valence-electron chi connectivity index (χ0n) is 16.1. The maximum Gasteiger partial charge on any atom is 0.161 e. The minimum atomic E-state index is 0.397. The third kappa shape index (κ3) is 3.65. The lowest BCUT2D eigenvalue weighted by Gasteiger charge is -2.24. The second kappa shape index (κ2) is 8.01. The lowest BCUT2D eigenvalue weighted by molar-refractivity contribution is 0.212. The molecule has 0 unspecified atom stereocenters. The van der Waals surface area contributed by atoms with Gasteiger partial charge in [-0.3, -0.25) is 4.90 Å². The lowest BCUT2D eigenvalue weighted by Crippen LogP contribution is -2.27. The molecule has 1 atom stereocenters. The number of rotatable bonds is 7. The molecular formula is C22H27N3O2. The van der Waals surface area contributed by atoms with Gasteiger partial charge in [-0.1, -0.05) is 24.3 Å². The lowest BCUT2D eigenvalue weighted by atomic mass is 10.2. The summed E-state index contributed by atoms with van der Waals surface area (Å²) in [6, 6.07) is 16.6. The van der Waals surface area contributed by atoms with Crippen molar-refractivity contribution >= 4 is 11.0 Å². The van der Waals surface area contributed by atoms with E-state index in [1.54, 1.807) is 7.11 Å². The summed E-state index contributed by atoms with van der Waals surface area (Å²) in [5, 5.41) is 0. The third-order valence-corrected chi connectivity index (χ3v) is 5.40. The zero-order chi connectivity index (χ0) is 18.6. The molecule has 5 heteroatoms. The Hall–Kier alpha value is -2.53. The van der Waals surface area contributed by atoms with Gasteiger partial charge in [-0.25, -0.2) is 4.98 Å². The Kier molecular flexibility index (Phi) is 5.30. The summed E-state index contributed by atoms with van der Waals surface area (Å²) in [5.41, 5.74) is 2.29. The van der Waals surface area contributed by atoms with Gasteiger partial charge in [0.2, 0.25) is 0 Å². The second-order valence-electron chi connectivity index (χ2n) is 7.06. The molecule has 0 amide bonds. The molecule has 2 aromatic carbocycles. The van der Waals surface area contributed by atoms with Crippen LogP contribution < -0.4 is 9.47 Å². The van der Waals surface area contributed by atoms with E-state index in [1.165, 1.54) is 24.2 Å². The van der Waals surface area contributed by atoms with E-state index in [1.807, 2.05) is 24.3 Å². The Morgan fingerprint density at radius 1 is 1.07 bits per heavy atom. The summed E-state index contributed by atoms with van der Waals surface area (Å²) in [4.78, 5) is 7.46. The van der Waals surface area contributed by atoms with Crippen molar-refractivity contribution in [3.8, 4) is 11.5 Å². The molecule has 1 aliphatic heterocycles. The van der Waals surface area contributed by atoms with Crippen molar-refractivity contribution < 1.29 is 9.47 Å². The molecule has 3 aromatic rings. The number of fused-ring (bicyclic) bond motifs is 1. The van der Waals surface area contributed by atoms with E-state index < -0.39 is 0 Å². The molecule has 0 aliphatic carbocycles. The van der Waals surface area contributed by atoms with Crippen LogP contribution in [0.3, 0.4) is 0 Å². The van der Waals surface area contributed by atoms with Gasteiger partial charge in [0.15, 0.2) is 11.5 Å². The van der Waals surface area contributed by atoms with E-state index in [-0.39, 0.29) is 0 Å². The minimum absolute atomic E-state index is 0.397. The Balaban J connectivity index is 1.38. The van der Waals surface area contributed by atoms with Crippen molar-refractivity contribution in [3.63, 3.8) is 0 Å². The van der Waals surface area contributed by atoms with Gasteiger partial charge in [-0.05, 0) is 50.1 Å². The molecule has 0 saturated carbocycles. The number of hydrogen-bond acceptors (Lipinski definition) is 4. The van der Waals surface area contributed by atoms with E-state index in [2.05, 4.69) is 40.8 Å². The molecule has 4 rings (SSSR count). The fraction of sp³-hybridized carbons (Fsp3) is 0.409. The topological polar surface area (TPSA) is 39.5 Å². The van der Waals surface area contributed by atoms with Crippen LogP contribution >= 0.6 is 0 Å². The summed E-state index contributed by atoms with van der Waals surface area (Å²) >= 11 is 0. The van der Waals surface area contributed by atoms with Crippen LogP contribution in [0.25, 0.3) is 11.0 Å². The van der Waals surface area contributed by atoms with Gasteiger partial charge in [0.1, 0.15) is 5.82 Å². The van der Waals surface area contributed by atoms with Crippen LogP contribution in [-0.4, -0.2) is 41.3 Å². The SMILES string of the molecule is COc1ccccc1OCCCN1CCC[C@H]1c1nc2ccccc2n1C. The number of aryl methyl sites for hydroxylation is 1. The Labute approximate surface area is 160 Å². The average molecular weight is 365 g/mol. The number of methoxy groups -OCH3 is 1. The van der Waals surface area contributed by atoms with Crippen molar-refractivity contribution in [3.05, 3.63) is 54.4 Å². The van der Waals surface area contributed by atoms with E-state index in [0.717, 1.165) is 36.5 Å². The standard InChI is InChI=1S/C22H27N3O2/c1-24-18-10-4-3-9-17(18)23-22(24)19-11-7-14-25(19)15-8-16-27-21-13-6-5-12-20(21)26-2/h3-6,9-10,12-13,19H,7-8,11,14-16H2,1-2H3/t19-/m0/s1. The van der Waals surface area contributed by atoms with Crippen LogP contribution in [0, 0.1) is 0 Å². The van der Waals surface area contributed by atoms with Crippen molar-refractivity contribution in [2.75, 3.05) is 26.8 Å². The highest BCUT2D eigenvalue weighted by atomic mass is 16.5. The first kappa shape index (κ1) is 17.9. The summed E-state index contributed by atoms with van der Waals surface area (Å²) < 4.78 is 13.5. The third-order valence-electron chi connectivity index (χ3n) is 5.40. The molecule has 5 nitrogen and oxygen atoms in total. The number of para-hydroxylation sites is 4. The van der Waals surface area contributed by atoms with Gasteiger partial charge in [0.05, 0.1) is 30.8 Å². The van der Waals surface area contributed by atoms with Gasteiger partial charge in [-0.2, -0.15) is 0 Å². The molecule has 0 spiro atoms. The van der Waals surface area contributed by atoms with Gasteiger partial charge in [0, 0.05) is 13.6 Å². The molecular weight excluding hydrogens is 338 g/mol. The number of hydrogen-bond donors (Lipinski definition) is 0. The number of nitrogens with zero attached hydrogens (tertiary/aromatic N) is 3. The largest absolute Gasteiger partial charge is 0.493 e. The summed E-state index contributed by atoms with van der Waals surface area (Å²) in [7, 11) is 3.81. The van der Waals surface area contributed by atoms with Crippen molar-refractivity contribution in [2.24, 2.45) is 7.05 Å². The molecule has 142 valence electrons. The highest BCUT2D eigenvalue weighted by Crippen LogP contribution is 2.33. The molecule has 0 bridgehead atoms. The van der Waals surface area contributed by atoms with E-state index >= 15 is 0 Å². The predicted molar refractivity (Wildman–Crippen MR) is 107 cm³/mol. The average Bonchev–Trinajstić information content (AvgIpc) is 3.30. The highest BCUT2D eigenvalue weighted by Gasteiger charge is 2.29. The van der Waals surface area contributed by atoms with Gasteiger partial charge >= 0.3 is 0 Å². The second-order valence-corrected chi connectivity index (χ2v) is 7.06.